The highest BCUT2D eigenvalue weighted by Crippen LogP contribution is 2.64. The van der Waals surface area contributed by atoms with Crippen molar-refractivity contribution in [2.75, 3.05) is 19.8 Å². The first-order chi connectivity index (χ1) is 18.6. The van der Waals surface area contributed by atoms with Gasteiger partial charge in [-0.1, -0.05) is 45.8 Å². The van der Waals surface area contributed by atoms with E-state index in [1.807, 2.05) is 33.8 Å². The number of carbonyl (C=O) groups excluding carboxylic acids is 3. The van der Waals surface area contributed by atoms with Gasteiger partial charge in [0.1, 0.15) is 17.6 Å². The number of allylic oxidation sites excluding steroid dienone is 1. The van der Waals surface area contributed by atoms with Crippen LogP contribution in [0.2, 0.25) is 0 Å². The van der Waals surface area contributed by atoms with Crippen molar-refractivity contribution in [3.63, 3.8) is 0 Å². The molecule has 2 bridgehead atoms. The Kier molecular flexibility index (Phi) is 10.4. The Balaban J connectivity index is 2.05. The molecule has 1 spiro atoms. The first-order valence-corrected chi connectivity index (χ1v) is 14.9. The van der Waals surface area contributed by atoms with Gasteiger partial charge in [0.25, 0.3) is 0 Å². The lowest BCUT2D eigenvalue weighted by Crippen LogP contribution is -2.61. The third kappa shape index (κ3) is 5.56. The van der Waals surface area contributed by atoms with Gasteiger partial charge in [-0.3, -0.25) is 14.4 Å². The molecule has 3 fully saturated rings. The maximum Gasteiger partial charge on any atom is 0.312 e. The van der Waals surface area contributed by atoms with Crippen molar-refractivity contribution in [1.82, 2.24) is 9.80 Å². The molecule has 3 rings (SSSR count). The summed E-state index contributed by atoms with van der Waals surface area (Å²) in [4.78, 5) is 45.8. The van der Waals surface area contributed by atoms with E-state index in [0.717, 1.165) is 32.1 Å². The van der Waals surface area contributed by atoms with Crippen LogP contribution in [0.25, 0.3) is 0 Å². The number of hydrogen-bond acceptors (Lipinski definition) is 6. The summed E-state index contributed by atoms with van der Waals surface area (Å²) in [5.41, 5.74) is -2.02. The SMILES string of the molecule is C=CCCCCOC(=O)[C@@H]1[C@H]2C(=O)N([C@@H](CO)[C@@H](C)CC)C(C(=O)N(CC=C)C(C)CCC)C23CC[C@@]1(C)O3. The number of amides is 2. The summed E-state index contributed by atoms with van der Waals surface area (Å²) in [5.74, 6) is -2.59. The van der Waals surface area contributed by atoms with Crippen molar-refractivity contribution >= 4 is 17.8 Å². The predicted molar refractivity (Wildman–Crippen MR) is 151 cm³/mol. The second kappa shape index (κ2) is 13.0. The molecule has 0 aliphatic carbocycles. The fourth-order valence-corrected chi connectivity index (χ4v) is 7.18. The number of aliphatic hydroxyl groups is 1. The molecule has 0 aromatic carbocycles. The zero-order valence-electron chi connectivity index (χ0n) is 24.7. The normalized spacial score (nSPS) is 31.5. The highest BCUT2D eigenvalue weighted by atomic mass is 16.6. The number of nitrogens with zero attached hydrogens (tertiary/aromatic N) is 2. The Morgan fingerprint density at radius 1 is 1.23 bits per heavy atom. The fourth-order valence-electron chi connectivity index (χ4n) is 7.18. The molecule has 3 saturated heterocycles. The highest BCUT2D eigenvalue weighted by molar-refractivity contribution is 5.98. The highest BCUT2D eigenvalue weighted by Gasteiger charge is 2.79. The smallest absolute Gasteiger partial charge is 0.312 e. The number of fused-ring (bicyclic) bond motifs is 1. The van der Waals surface area contributed by atoms with Crippen LogP contribution in [0.15, 0.2) is 25.3 Å². The zero-order chi connectivity index (χ0) is 29.0. The van der Waals surface area contributed by atoms with Gasteiger partial charge in [-0.15, -0.1) is 13.2 Å². The first-order valence-electron chi connectivity index (χ1n) is 14.9. The van der Waals surface area contributed by atoms with E-state index in [1.54, 1.807) is 15.9 Å². The van der Waals surface area contributed by atoms with Gasteiger partial charge in [0.15, 0.2) is 0 Å². The second-order valence-electron chi connectivity index (χ2n) is 12.0. The summed E-state index contributed by atoms with van der Waals surface area (Å²) in [6.45, 7) is 17.9. The molecule has 3 heterocycles. The summed E-state index contributed by atoms with van der Waals surface area (Å²) < 4.78 is 12.4. The first kappa shape index (κ1) is 31.3. The van der Waals surface area contributed by atoms with Gasteiger partial charge in [0.2, 0.25) is 11.8 Å². The van der Waals surface area contributed by atoms with Crippen molar-refractivity contribution in [3.8, 4) is 0 Å². The van der Waals surface area contributed by atoms with E-state index in [-0.39, 0.29) is 37.0 Å². The number of rotatable bonds is 16. The molecule has 8 heteroatoms. The number of hydrogen-bond donors (Lipinski definition) is 1. The summed E-state index contributed by atoms with van der Waals surface area (Å²) >= 11 is 0. The van der Waals surface area contributed by atoms with Crippen LogP contribution in [0, 0.1) is 17.8 Å². The van der Waals surface area contributed by atoms with Gasteiger partial charge in [-0.05, 0) is 58.3 Å². The number of carbonyl (C=O) groups is 3. The fraction of sp³-hybridized carbons (Fsp3) is 0.774. The van der Waals surface area contributed by atoms with Crippen LogP contribution < -0.4 is 0 Å². The number of esters is 1. The van der Waals surface area contributed by atoms with Gasteiger partial charge in [-0.2, -0.15) is 0 Å². The van der Waals surface area contributed by atoms with Crippen LogP contribution >= 0.6 is 0 Å². The average Bonchev–Trinajstić information content (AvgIpc) is 3.48. The van der Waals surface area contributed by atoms with E-state index >= 15 is 0 Å². The molecule has 3 aliphatic heterocycles. The molecule has 0 radical (unpaired) electrons. The van der Waals surface area contributed by atoms with Crippen molar-refractivity contribution in [2.45, 2.75) is 115 Å². The van der Waals surface area contributed by atoms with Crippen molar-refractivity contribution in [3.05, 3.63) is 25.3 Å². The molecule has 8 atom stereocenters. The van der Waals surface area contributed by atoms with Crippen molar-refractivity contribution in [2.24, 2.45) is 17.8 Å². The molecule has 39 heavy (non-hydrogen) atoms. The summed E-state index contributed by atoms with van der Waals surface area (Å²) in [5, 5.41) is 10.5. The van der Waals surface area contributed by atoms with Crippen LogP contribution in [0.5, 0.6) is 0 Å². The maximum atomic E-state index is 14.5. The van der Waals surface area contributed by atoms with Gasteiger partial charge in [-0.25, -0.2) is 0 Å². The second-order valence-corrected chi connectivity index (χ2v) is 12.0. The van der Waals surface area contributed by atoms with E-state index in [0.29, 0.717) is 25.8 Å². The van der Waals surface area contributed by atoms with E-state index in [4.69, 9.17) is 9.47 Å². The number of likely N-dealkylation sites (tertiary alicyclic amines) is 1. The van der Waals surface area contributed by atoms with Crippen LogP contribution in [-0.2, 0) is 23.9 Å². The summed E-state index contributed by atoms with van der Waals surface area (Å²) in [6, 6.07) is -1.54. The molecule has 0 aromatic rings. The Hall–Kier alpha value is -2.19. The third-order valence-corrected chi connectivity index (χ3v) is 9.44. The van der Waals surface area contributed by atoms with Crippen LogP contribution in [-0.4, -0.2) is 81.8 Å². The maximum absolute atomic E-state index is 14.5. The Morgan fingerprint density at radius 3 is 2.54 bits per heavy atom. The van der Waals surface area contributed by atoms with E-state index < -0.39 is 41.1 Å². The largest absolute Gasteiger partial charge is 0.465 e. The predicted octanol–water partition coefficient (Wildman–Crippen LogP) is 4.26. The van der Waals surface area contributed by atoms with Gasteiger partial charge >= 0.3 is 5.97 Å². The summed E-state index contributed by atoms with van der Waals surface area (Å²) in [6.07, 6.45) is 9.48. The molecular formula is C31H50N2O6. The Morgan fingerprint density at radius 2 is 1.95 bits per heavy atom. The van der Waals surface area contributed by atoms with E-state index in [1.165, 1.54) is 0 Å². The molecule has 0 saturated carbocycles. The number of ether oxygens (including phenoxy) is 2. The zero-order valence-corrected chi connectivity index (χ0v) is 24.7. The van der Waals surface area contributed by atoms with Crippen LogP contribution in [0.1, 0.15) is 86.0 Å². The van der Waals surface area contributed by atoms with Crippen molar-refractivity contribution in [1.29, 1.82) is 0 Å². The topological polar surface area (TPSA) is 96.4 Å². The lowest BCUT2D eigenvalue weighted by Gasteiger charge is -2.42. The molecular weight excluding hydrogens is 496 g/mol. The minimum Gasteiger partial charge on any atom is -0.465 e. The van der Waals surface area contributed by atoms with Gasteiger partial charge in [0, 0.05) is 12.6 Å². The van der Waals surface area contributed by atoms with Gasteiger partial charge < -0.3 is 24.4 Å². The van der Waals surface area contributed by atoms with Crippen molar-refractivity contribution < 1.29 is 29.0 Å². The monoisotopic (exact) mass is 546 g/mol. The van der Waals surface area contributed by atoms with E-state index in [9.17, 15) is 19.5 Å². The Bertz CT molecular complexity index is 923. The molecule has 3 unspecified atom stereocenters. The molecule has 220 valence electrons. The standard InChI is InChI=1S/C31H50N2O6/c1-8-12-13-14-19-38-29(37)25-24-27(35)33(23(20-34)21(5)11-4)26(31(24)17-16-30(25,7)39-31)28(36)32(18-10-3)22(6)15-9-2/h8,10,21-26,34H,1,3,9,11-20H2,2,4-7H3/t21-,22?,23-,24-,25-,26?,30+,31?/m0/s1. The van der Waals surface area contributed by atoms with Crippen LogP contribution in [0.3, 0.4) is 0 Å². The number of unbranched alkanes of at least 4 members (excludes halogenated alkanes) is 2. The lowest BCUT2D eigenvalue weighted by atomic mass is 9.66. The van der Waals surface area contributed by atoms with Gasteiger partial charge in [0.05, 0.1) is 30.8 Å². The lowest BCUT2D eigenvalue weighted by molar-refractivity contribution is -0.163. The minimum atomic E-state index is -1.14. The Labute approximate surface area is 234 Å². The molecule has 0 aromatic heterocycles. The molecule has 8 nitrogen and oxygen atoms in total. The third-order valence-electron chi connectivity index (χ3n) is 9.44. The minimum absolute atomic E-state index is 0.0477. The van der Waals surface area contributed by atoms with Crippen LogP contribution in [0.4, 0.5) is 0 Å². The number of aliphatic hydroxyl groups excluding tert-OH is 1. The summed E-state index contributed by atoms with van der Waals surface area (Å²) in [7, 11) is 0. The quantitative estimate of drug-likeness (QED) is 0.177. The molecule has 1 N–H and O–H groups in total. The molecule has 3 aliphatic rings. The molecule has 2 amide bonds. The van der Waals surface area contributed by atoms with E-state index in [2.05, 4.69) is 20.1 Å². The average molecular weight is 547 g/mol.